The number of methoxy groups -OCH3 is 1. The molecule has 0 aliphatic carbocycles. The molecule has 3 aromatic rings. The number of carbonyl (C=O) groups is 1. The SMILES string of the molecule is COC(=O)C(C#N)c1nc2ccccc2nc1Nc1ccc2c(c1)OCCO2. The Kier molecular flexibility index (Phi) is 4.64. The first-order valence-corrected chi connectivity index (χ1v) is 8.60. The van der Waals surface area contributed by atoms with Crippen LogP contribution < -0.4 is 14.8 Å². The van der Waals surface area contributed by atoms with Crippen LogP contribution in [0, 0.1) is 11.3 Å². The fourth-order valence-corrected chi connectivity index (χ4v) is 2.91. The van der Waals surface area contributed by atoms with Crippen molar-refractivity contribution in [3.05, 3.63) is 48.2 Å². The molecule has 1 N–H and O–H groups in total. The lowest BCUT2D eigenvalue weighted by Crippen LogP contribution is -2.17. The Balaban J connectivity index is 1.79. The van der Waals surface area contributed by atoms with Gasteiger partial charge in [-0.3, -0.25) is 4.79 Å². The van der Waals surface area contributed by atoms with Crippen LogP contribution in [0.4, 0.5) is 11.5 Å². The molecule has 1 aliphatic heterocycles. The molecule has 1 atom stereocenters. The van der Waals surface area contributed by atoms with Crippen molar-refractivity contribution in [3.8, 4) is 17.6 Å². The van der Waals surface area contributed by atoms with Crippen molar-refractivity contribution in [3.63, 3.8) is 0 Å². The largest absolute Gasteiger partial charge is 0.486 e. The molecular formula is C20H16N4O4. The average Bonchev–Trinajstić information content (AvgIpc) is 2.74. The first-order valence-electron chi connectivity index (χ1n) is 8.60. The number of nitriles is 1. The molecule has 1 aromatic heterocycles. The van der Waals surface area contributed by atoms with Crippen LogP contribution in [-0.4, -0.2) is 36.3 Å². The van der Waals surface area contributed by atoms with Gasteiger partial charge in [0.1, 0.15) is 18.9 Å². The third-order valence-electron chi connectivity index (χ3n) is 4.24. The van der Waals surface area contributed by atoms with Crippen molar-refractivity contribution in [2.75, 3.05) is 25.6 Å². The van der Waals surface area contributed by atoms with Crippen molar-refractivity contribution in [1.82, 2.24) is 9.97 Å². The molecule has 1 unspecified atom stereocenters. The summed E-state index contributed by atoms with van der Waals surface area (Å²) >= 11 is 0. The summed E-state index contributed by atoms with van der Waals surface area (Å²) in [6.45, 7) is 0.972. The normalized spacial score (nSPS) is 13.4. The number of hydrogen-bond donors (Lipinski definition) is 1. The van der Waals surface area contributed by atoms with Crippen molar-refractivity contribution in [2.24, 2.45) is 0 Å². The topological polar surface area (TPSA) is 106 Å². The number of rotatable bonds is 4. The van der Waals surface area contributed by atoms with Crippen molar-refractivity contribution in [2.45, 2.75) is 5.92 Å². The Labute approximate surface area is 160 Å². The van der Waals surface area contributed by atoms with Crippen LogP contribution in [0.3, 0.4) is 0 Å². The van der Waals surface area contributed by atoms with Crippen molar-refractivity contribution < 1.29 is 19.0 Å². The number of hydrogen-bond acceptors (Lipinski definition) is 8. The third-order valence-corrected chi connectivity index (χ3v) is 4.24. The lowest BCUT2D eigenvalue weighted by atomic mass is 10.1. The molecule has 28 heavy (non-hydrogen) atoms. The van der Waals surface area contributed by atoms with Gasteiger partial charge in [-0.1, -0.05) is 12.1 Å². The number of esters is 1. The summed E-state index contributed by atoms with van der Waals surface area (Å²) < 4.78 is 15.9. The molecule has 1 aliphatic rings. The summed E-state index contributed by atoms with van der Waals surface area (Å²) in [6.07, 6.45) is 0. The minimum absolute atomic E-state index is 0.197. The average molecular weight is 376 g/mol. The summed E-state index contributed by atoms with van der Waals surface area (Å²) in [7, 11) is 1.23. The highest BCUT2D eigenvalue weighted by molar-refractivity contribution is 5.85. The number of fused-ring (bicyclic) bond motifs is 2. The van der Waals surface area contributed by atoms with Crippen LogP contribution in [0.25, 0.3) is 11.0 Å². The van der Waals surface area contributed by atoms with Crippen LogP contribution in [0.1, 0.15) is 11.6 Å². The minimum atomic E-state index is -1.21. The van der Waals surface area contributed by atoms with Gasteiger partial charge in [0, 0.05) is 11.8 Å². The van der Waals surface area contributed by atoms with Crippen molar-refractivity contribution in [1.29, 1.82) is 5.26 Å². The van der Waals surface area contributed by atoms with Crippen LogP contribution in [-0.2, 0) is 9.53 Å². The van der Waals surface area contributed by atoms with Gasteiger partial charge in [-0.05, 0) is 24.3 Å². The molecule has 0 saturated carbocycles. The van der Waals surface area contributed by atoms with E-state index in [0.717, 1.165) is 0 Å². The maximum absolute atomic E-state index is 12.1. The van der Waals surface area contributed by atoms with E-state index in [-0.39, 0.29) is 5.69 Å². The molecule has 0 saturated heterocycles. The molecular weight excluding hydrogens is 360 g/mol. The van der Waals surface area contributed by atoms with E-state index < -0.39 is 11.9 Å². The first-order chi connectivity index (χ1) is 13.7. The van der Waals surface area contributed by atoms with Crippen LogP contribution in [0.2, 0.25) is 0 Å². The summed E-state index contributed by atoms with van der Waals surface area (Å²) in [6, 6.07) is 14.5. The number of anilines is 2. The molecule has 2 heterocycles. The van der Waals surface area contributed by atoms with E-state index in [1.165, 1.54) is 7.11 Å². The fraction of sp³-hybridized carbons (Fsp3) is 0.200. The molecule has 2 aromatic carbocycles. The highest BCUT2D eigenvalue weighted by atomic mass is 16.6. The number of carbonyl (C=O) groups excluding carboxylic acids is 1. The van der Waals surface area contributed by atoms with E-state index in [9.17, 15) is 10.1 Å². The van der Waals surface area contributed by atoms with Gasteiger partial charge in [0.15, 0.2) is 23.2 Å². The molecule has 4 rings (SSSR count). The molecule has 140 valence electrons. The van der Waals surface area contributed by atoms with Gasteiger partial charge in [0.25, 0.3) is 0 Å². The zero-order chi connectivity index (χ0) is 19.5. The predicted molar refractivity (Wildman–Crippen MR) is 101 cm³/mol. The Hall–Kier alpha value is -3.86. The number of para-hydroxylation sites is 2. The van der Waals surface area contributed by atoms with E-state index in [4.69, 9.17) is 14.2 Å². The van der Waals surface area contributed by atoms with Gasteiger partial charge in [0.2, 0.25) is 0 Å². The van der Waals surface area contributed by atoms with E-state index >= 15 is 0 Å². The van der Waals surface area contributed by atoms with Crippen LogP contribution in [0.5, 0.6) is 11.5 Å². The maximum Gasteiger partial charge on any atom is 0.329 e. The Bertz CT molecular complexity index is 1090. The van der Waals surface area contributed by atoms with Gasteiger partial charge < -0.3 is 19.5 Å². The maximum atomic E-state index is 12.1. The Morgan fingerprint density at radius 2 is 1.86 bits per heavy atom. The second kappa shape index (κ2) is 7.40. The number of nitrogens with one attached hydrogen (secondary N) is 1. The van der Waals surface area contributed by atoms with E-state index in [2.05, 4.69) is 15.3 Å². The van der Waals surface area contributed by atoms with E-state index in [1.54, 1.807) is 30.3 Å². The molecule has 8 nitrogen and oxygen atoms in total. The van der Waals surface area contributed by atoms with Gasteiger partial charge >= 0.3 is 5.97 Å². The molecule has 0 fully saturated rings. The standard InChI is InChI=1S/C20H16N4O4/c1-26-20(25)13(11-21)18-19(24-15-5-3-2-4-14(15)23-18)22-12-6-7-16-17(10-12)28-9-8-27-16/h2-7,10,13H,8-9H2,1H3,(H,22,24). The summed E-state index contributed by atoms with van der Waals surface area (Å²) in [5.74, 6) is -0.339. The highest BCUT2D eigenvalue weighted by Gasteiger charge is 2.27. The number of ether oxygens (including phenoxy) is 3. The summed E-state index contributed by atoms with van der Waals surface area (Å²) in [5.41, 5.74) is 2.07. The van der Waals surface area contributed by atoms with E-state index in [1.807, 2.05) is 18.2 Å². The zero-order valence-corrected chi connectivity index (χ0v) is 15.0. The number of nitrogens with zero attached hydrogens (tertiary/aromatic N) is 3. The molecule has 0 bridgehead atoms. The quantitative estimate of drug-likeness (QED) is 0.693. The molecule has 0 spiro atoms. The van der Waals surface area contributed by atoms with Crippen molar-refractivity contribution >= 4 is 28.5 Å². The van der Waals surface area contributed by atoms with Gasteiger partial charge in [-0.2, -0.15) is 5.26 Å². The smallest absolute Gasteiger partial charge is 0.329 e. The van der Waals surface area contributed by atoms with Gasteiger partial charge in [0.05, 0.1) is 24.2 Å². The Morgan fingerprint density at radius 1 is 1.14 bits per heavy atom. The summed E-state index contributed by atoms with van der Waals surface area (Å²) in [4.78, 5) is 21.2. The van der Waals surface area contributed by atoms with Gasteiger partial charge in [-0.25, -0.2) is 9.97 Å². The number of aromatic nitrogens is 2. The minimum Gasteiger partial charge on any atom is -0.486 e. The van der Waals surface area contributed by atoms with E-state index in [0.29, 0.717) is 47.3 Å². The molecule has 8 heteroatoms. The second-order valence-electron chi connectivity index (χ2n) is 6.01. The molecule has 0 radical (unpaired) electrons. The lowest BCUT2D eigenvalue weighted by Gasteiger charge is -2.19. The third kappa shape index (κ3) is 3.25. The highest BCUT2D eigenvalue weighted by Crippen LogP contribution is 2.34. The monoisotopic (exact) mass is 376 g/mol. The second-order valence-corrected chi connectivity index (χ2v) is 6.01. The Morgan fingerprint density at radius 3 is 2.57 bits per heavy atom. The van der Waals surface area contributed by atoms with Crippen LogP contribution >= 0.6 is 0 Å². The molecule has 0 amide bonds. The zero-order valence-electron chi connectivity index (χ0n) is 15.0. The lowest BCUT2D eigenvalue weighted by molar-refractivity contribution is -0.141. The predicted octanol–water partition coefficient (Wildman–Crippen LogP) is 2.92. The first kappa shape index (κ1) is 17.5. The van der Waals surface area contributed by atoms with Gasteiger partial charge in [-0.15, -0.1) is 0 Å². The number of benzene rings is 2. The summed E-state index contributed by atoms with van der Waals surface area (Å²) in [5, 5.41) is 12.7. The fourth-order valence-electron chi connectivity index (χ4n) is 2.91. The van der Waals surface area contributed by atoms with Crippen LogP contribution in [0.15, 0.2) is 42.5 Å².